The van der Waals surface area contributed by atoms with Crippen molar-refractivity contribution in [1.29, 1.82) is 0 Å². The standard InChI is InChI=1S/C15H24N4O2/c1-2-21-9-7-18-15(20)12-19-8-6-17-11-14(19)13-4-3-5-16-10-13/h3-5,10,14,17H,2,6-9,11-12H2,1H3,(H,18,20). The Morgan fingerprint density at radius 2 is 2.52 bits per heavy atom. The highest BCUT2D eigenvalue weighted by molar-refractivity contribution is 5.78. The normalized spacial score (nSPS) is 19.4. The molecule has 1 aromatic heterocycles. The SMILES string of the molecule is CCOCCNC(=O)CN1CCNCC1c1cccnc1. The highest BCUT2D eigenvalue weighted by Crippen LogP contribution is 2.20. The number of hydrogen-bond donors (Lipinski definition) is 2. The van der Waals surface area contributed by atoms with Gasteiger partial charge >= 0.3 is 0 Å². The van der Waals surface area contributed by atoms with Gasteiger partial charge in [-0.05, 0) is 18.6 Å². The van der Waals surface area contributed by atoms with Gasteiger partial charge in [0, 0.05) is 51.2 Å². The summed E-state index contributed by atoms with van der Waals surface area (Å²) in [6.45, 7) is 6.77. The highest BCUT2D eigenvalue weighted by Gasteiger charge is 2.25. The average Bonchev–Trinajstić information content (AvgIpc) is 2.53. The van der Waals surface area contributed by atoms with E-state index >= 15 is 0 Å². The number of piperazine rings is 1. The molecule has 0 aromatic carbocycles. The first-order valence-electron chi connectivity index (χ1n) is 7.50. The molecular formula is C15H24N4O2. The molecule has 6 nitrogen and oxygen atoms in total. The van der Waals surface area contributed by atoms with Crippen molar-refractivity contribution < 1.29 is 9.53 Å². The second-order valence-electron chi connectivity index (χ2n) is 5.02. The van der Waals surface area contributed by atoms with E-state index in [0.29, 0.717) is 26.3 Å². The van der Waals surface area contributed by atoms with Gasteiger partial charge in [-0.15, -0.1) is 0 Å². The van der Waals surface area contributed by atoms with Gasteiger partial charge < -0.3 is 15.4 Å². The van der Waals surface area contributed by atoms with Crippen LogP contribution in [0.2, 0.25) is 0 Å². The number of aromatic nitrogens is 1. The van der Waals surface area contributed by atoms with Gasteiger partial charge in [-0.1, -0.05) is 6.07 Å². The minimum atomic E-state index is 0.0468. The number of carbonyl (C=O) groups is 1. The number of carbonyl (C=O) groups excluding carboxylic acids is 1. The lowest BCUT2D eigenvalue weighted by molar-refractivity contribution is -0.123. The van der Waals surface area contributed by atoms with E-state index < -0.39 is 0 Å². The Kier molecular flexibility index (Phi) is 6.59. The van der Waals surface area contributed by atoms with Crippen LogP contribution in [0.5, 0.6) is 0 Å². The number of hydrogen-bond acceptors (Lipinski definition) is 5. The van der Waals surface area contributed by atoms with Gasteiger partial charge in [-0.2, -0.15) is 0 Å². The first-order chi connectivity index (χ1) is 10.3. The first-order valence-corrected chi connectivity index (χ1v) is 7.50. The van der Waals surface area contributed by atoms with E-state index in [1.807, 2.05) is 19.2 Å². The van der Waals surface area contributed by atoms with Crippen LogP contribution in [0.25, 0.3) is 0 Å². The lowest BCUT2D eigenvalue weighted by atomic mass is 10.1. The van der Waals surface area contributed by atoms with Crippen molar-refractivity contribution in [3.05, 3.63) is 30.1 Å². The van der Waals surface area contributed by atoms with Crippen LogP contribution in [0.3, 0.4) is 0 Å². The summed E-state index contributed by atoms with van der Waals surface area (Å²) < 4.78 is 5.22. The number of rotatable bonds is 7. The molecule has 1 fully saturated rings. The molecule has 0 spiro atoms. The maximum atomic E-state index is 12.0. The molecule has 1 aliphatic rings. The highest BCUT2D eigenvalue weighted by atomic mass is 16.5. The summed E-state index contributed by atoms with van der Waals surface area (Å²) in [5.74, 6) is 0.0468. The quantitative estimate of drug-likeness (QED) is 0.702. The van der Waals surface area contributed by atoms with Crippen molar-refractivity contribution in [2.75, 3.05) is 45.9 Å². The fourth-order valence-electron chi connectivity index (χ4n) is 2.48. The fourth-order valence-corrected chi connectivity index (χ4v) is 2.48. The van der Waals surface area contributed by atoms with Crippen molar-refractivity contribution in [3.63, 3.8) is 0 Å². The third kappa shape index (κ3) is 5.08. The second-order valence-corrected chi connectivity index (χ2v) is 5.02. The van der Waals surface area contributed by atoms with Gasteiger partial charge in [0.2, 0.25) is 5.91 Å². The number of ether oxygens (including phenoxy) is 1. The van der Waals surface area contributed by atoms with Crippen LogP contribution >= 0.6 is 0 Å². The van der Waals surface area contributed by atoms with Gasteiger partial charge in [0.25, 0.3) is 0 Å². The minimum Gasteiger partial charge on any atom is -0.380 e. The van der Waals surface area contributed by atoms with Crippen LogP contribution in [-0.2, 0) is 9.53 Å². The lowest BCUT2D eigenvalue weighted by Gasteiger charge is -2.35. The van der Waals surface area contributed by atoms with Crippen LogP contribution < -0.4 is 10.6 Å². The number of pyridine rings is 1. The zero-order valence-corrected chi connectivity index (χ0v) is 12.5. The van der Waals surface area contributed by atoms with Crippen LogP contribution in [0.1, 0.15) is 18.5 Å². The smallest absolute Gasteiger partial charge is 0.234 e. The molecule has 0 bridgehead atoms. The Hall–Kier alpha value is -1.50. The van der Waals surface area contributed by atoms with Crippen molar-refractivity contribution in [2.45, 2.75) is 13.0 Å². The zero-order valence-electron chi connectivity index (χ0n) is 12.5. The van der Waals surface area contributed by atoms with Crippen molar-refractivity contribution in [3.8, 4) is 0 Å². The molecule has 1 unspecified atom stereocenters. The van der Waals surface area contributed by atoms with Gasteiger partial charge in [0.05, 0.1) is 13.2 Å². The van der Waals surface area contributed by atoms with E-state index in [1.54, 1.807) is 6.20 Å². The van der Waals surface area contributed by atoms with E-state index in [0.717, 1.165) is 25.2 Å². The molecule has 1 aromatic rings. The summed E-state index contributed by atoms with van der Waals surface area (Å²) in [6.07, 6.45) is 3.64. The monoisotopic (exact) mass is 292 g/mol. The Morgan fingerprint density at radius 3 is 3.29 bits per heavy atom. The zero-order chi connectivity index (χ0) is 14.9. The van der Waals surface area contributed by atoms with Crippen LogP contribution in [0.15, 0.2) is 24.5 Å². The largest absolute Gasteiger partial charge is 0.380 e. The molecule has 1 amide bonds. The van der Waals surface area contributed by atoms with E-state index in [1.165, 1.54) is 0 Å². The van der Waals surface area contributed by atoms with Crippen LogP contribution in [0, 0.1) is 0 Å². The van der Waals surface area contributed by atoms with Gasteiger partial charge in [0.15, 0.2) is 0 Å². The third-order valence-electron chi connectivity index (χ3n) is 3.54. The summed E-state index contributed by atoms with van der Waals surface area (Å²) >= 11 is 0. The predicted octanol–water partition coefficient (Wildman–Crippen LogP) is 0.181. The summed E-state index contributed by atoms with van der Waals surface area (Å²) in [5.41, 5.74) is 1.15. The number of nitrogens with zero attached hydrogens (tertiary/aromatic N) is 2. The summed E-state index contributed by atoms with van der Waals surface area (Å²) in [6, 6.07) is 4.19. The average molecular weight is 292 g/mol. The summed E-state index contributed by atoms with van der Waals surface area (Å²) in [7, 11) is 0. The number of amides is 1. The molecule has 1 aliphatic heterocycles. The first kappa shape index (κ1) is 15.9. The van der Waals surface area contributed by atoms with Gasteiger partial charge in [-0.3, -0.25) is 14.7 Å². The minimum absolute atomic E-state index is 0.0468. The van der Waals surface area contributed by atoms with E-state index in [-0.39, 0.29) is 11.9 Å². The topological polar surface area (TPSA) is 66.5 Å². The van der Waals surface area contributed by atoms with E-state index in [2.05, 4.69) is 26.6 Å². The van der Waals surface area contributed by atoms with Crippen LogP contribution in [-0.4, -0.2) is 61.7 Å². The Bertz CT molecular complexity index is 427. The fraction of sp³-hybridized carbons (Fsp3) is 0.600. The molecule has 2 N–H and O–H groups in total. The molecule has 21 heavy (non-hydrogen) atoms. The molecule has 1 saturated heterocycles. The molecule has 0 aliphatic carbocycles. The maximum absolute atomic E-state index is 12.0. The molecule has 2 rings (SSSR count). The Labute approximate surface area is 125 Å². The molecule has 116 valence electrons. The molecule has 0 saturated carbocycles. The second kappa shape index (κ2) is 8.71. The van der Waals surface area contributed by atoms with Crippen molar-refractivity contribution in [2.24, 2.45) is 0 Å². The molecule has 1 atom stereocenters. The van der Waals surface area contributed by atoms with Crippen LogP contribution in [0.4, 0.5) is 0 Å². The van der Waals surface area contributed by atoms with Crippen molar-refractivity contribution >= 4 is 5.91 Å². The molecule has 2 heterocycles. The summed E-state index contributed by atoms with van der Waals surface area (Å²) in [4.78, 5) is 18.4. The Morgan fingerprint density at radius 1 is 1.62 bits per heavy atom. The van der Waals surface area contributed by atoms with Gasteiger partial charge in [0.1, 0.15) is 0 Å². The maximum Gasteiger partial charge on any atom is 0.234 e. The molecular weight excluding hydrogens is 268 g/mol. The molecule has 6 heteroatoms. The predicted molar refractivity (Wildman–Crippen MR) is 80.9 cm³/mol. The van der Waals surface area contributed by atoms with E-state index in [9.17, 15) is 4.79 Å². The third-order valence-corrected chi connectivity index (χ3v) is 3.54. The van der Waals surface area contributed by atoms with Crippen molar-refractivity contribution in [1.82, 2.24) is 20.5 Å². The van der Waals surface area contributed by atoms with Gasteiger partial charge in [-0.25, -0.2) is 0 Å². The Balaban J connectivity index is 1.86. The number of nitrogens with one attached hydrogen (secondary N) is 2. The van der Waals surface area contributed by atoms with E-state index in [4.69, 9.17) is 4.74 Å². The molecule has 0 radical (unpaired) electrons. The lowest BCUT2D eigenvalue weighted by Crippen LogP contribution is -2.49. The summed E-state index contributed by atoms with van der Waals surface area (Å²) in [5, 5.41) is 6.27.